The van der Waals surface area contributed by atoms with E-state index in [2.05, 4.69) is 0 Å². The zero-order valence-electron chi connectivity index (χ0n) is 12.5. The Kier molecular flexibility index (Phi) is 3.83. The van der Waals surface area contributed by atoms with Crippen molar-refractivity contribution in [2.24, 2.45) is 0 Å². The number of hydrogen-bond acceptors (Lipinski definition) is 4. The minimum absolute atomic E-state index is 0.484. The van der Waals surface area contributed by atoms with Gasteiger partial charge in [0.1, 0.15) is 5.76 Å². The van der Waals surface area contributed by atoms with Crippen molar-refractivity contribution in [3.8, 4) is 11.5 Å². The molecule has 0 bridgehead atoms. The van der Waals surface area contributed by atoms with Gasteiger partial charge in [0.2, 0.25) is 5.75 Å². The van der Waals surface area contributed by atoms with Crippen molar-refractivity contribution >= 4 is 17.3 Å². The number of aldehydes is 1. The van der Waals surface area contributed by atoms with E-state index in [1.807, 2.05) is 36.4 Å². The Bertz CT molecular complexity index is 803. The van der Waals surface area contributed by atoms with Gasteiger partial charge in [0.05, 0.1) is 14.2 Å². The Morgan fingerprint density at radius 2 is 1.86 bits per heavy atom. The molecule has 4 nitrogen and oxygen atoms in total. The second-order valence-corrected chi connectivity index (χ2v) is 4.94. The highest BCUT2D eigenvalue weighted by molar-refractivity contribution is 6.00. The van der Waals surface area contributed by atoms with Crippen LogP contribution in [0.2, 0.25) is 0 Å². The summed E-state index contributed by atoms with van der Waals surface area (Å²) >= 11 is 0. The Morgan fingerprint density at radius 1 is 1.09 bits per heavy atom. The van der Waals surface area contributed by atoms with Gasteiger partial charge in [-0.25, -0.2) is 0 Å². The molecule has 0 amide bonds. The number of fused-ring (bicyclic) bond motifs is 1. The fourth-order valence-electron chi connectivity index (χ4n) is 2.55. The van der Waals surface area contributed by atoms with Gasteiger partial charge in [-0.15, -0.1) is 0 Å². The molecule has 2 aromatic carbocycles. The van der Waals surface area contributed by atoms with Crippen LogP contribution in [0.4, 0.5) is 0 Å². The molecule has 1 heterocycles. The van der Waals surface area contributed by atoms with Crippen LogP contribution in [0, 0.1) is 0 Å². The Morgan fingerprint density at radius 3 is 2.50 bits per heavy atom. The summed E-state index contributed by atoms with van der Waals surface area (Å²) in [6.07, 6.45) is 1.45. The van der Waals surface area contributed by atoms with Crippen molar-refractivity contribution in [1.82, 2.24) is 0 Å². The van der Waals surface area contributed by atoms with E-state index < -0.39 is 0 Å². The Hall–Kier alpha value is -2.75. The maximum Gasteiger partial charge on any atom is 0.204 e. The summed E-state index contributed by atoms with van der Waals surface area (Å²) in [5.41, 5.74) is 2.20. The molecule has 0 aliphatic carbocycles. The third kappa shape index (κ3) is 2.44. The van der Waals surface area contributed by atoms with E-state index in [1.165, 1.54) is 7.11 Å². The zero-order chi connectivity index (χ0) is 15.5. The minimum Gasteiger partial charge on any atom is -0.493 e. The van der Waals surface area contributed by atoms with Crippen molar-refractivity contribution in [2.45, 2.75) is 6.42 Å². The molecule has 0 fully saturated rings. The number of rotatable bonds is 5. The Balaban J connectivity index is 2.13. The fourth-order valence-corrected chi connectivity index (χ4v) is 2.55. The largest absolute Gasteiger partial charge is 0.493 e. The van der Waals surface area contributed by atoms with E-state index in [0.717, 1.165) is 23.0 Å². The SMILES string of the molecule is COc1cc(C=O)c2cc(Cc3ccccc3)oc2c1OC. The normalized spacial score (nSPS) is 10.6. The molecule has 4 heteroatoms. The van der Waals surface area contributed by atoms with E-state index in [-0.39, 0.29) is 0 Å². The van der Waals surface area contributed by atoms with Crippen molar-refractivity contribution in [2.75, 3.05) is 14.2 Å². The standard InChI is InChI=1S/C18H16O4/c1-20-16-9-13(11-19)15-10-14(22-17(15)18(16)21-2)8-12-6-4-3-5-7-12/h3-7,9-11H,8H2,1-2H3. The molecule has 0 saturated heterocycles. The van der Waals surface area contributed by atoms with Crippen LogP contribution in [0.1, 0.15) is 21.7 Å². The average molecular weight is 296 g/mol. The lowest BCUT2D eigenvalue weighted by atomic mass is 10.1. The highest BCUT2D eigenvalue weighted by Crippen LogP contribution is 2.39. The second kappa shape index (κ2) is 5.93. The molecule has 22 heavy (non-hydrogen) atoms. The van der Waals surface area contributed by atoms with Crippen molar-refractivity contribution in [1.29, 1.82) is 0 Å². The number of hydrogen-bond donors (Lipinski definition) is 0. The summed E-state index contributed by atoms with van der Waals surface area (Å²) in [6, 6.07) is 13.6. The first kappa shape index (κ1) is 14.2. The summed E-state index contributed by atoms with van der Waals surface area (Å²) in [5.74, 6) is 1.76. The molecule has 112 valence electrons. The van der Waals surface area contributed by atoms with Crippen LogP contribution in [-0.2, 0) is 6.42 Å². The first-order valence-electron chi connectivity index (χ1n) is 6.93. The maximum absolute atomic E-state index is 11.3. The van der Waals surface area contributed by atoms with Crippen LogP contribution in [0.3, 0.4) is 0 Å². The number of carbonyl (C=O) groups is 1. The lowest BCUT2D eigenvalue weighted by Crippen LogP contribution is -1.93. The van der Waals surface area contributed by atoms with Crippen LogP contribution >= 0.6 is 0 Å². The van der Waals surface area contributed by atoms with Gasteiger partial charge < -0.3 is 13.9 Å². The first-order valence-corrected chi connectivity index (χ1v) is 6.93. The molecular formula is C18H16O4. The molecule has 0 N–H and O–H groups in total. The van der Waals surface area contributed by atoms with Gasteiger partial charge in [0, 0.05) is 17.4 Å². The topological polar surface area (TPSA) is 48.7 Å². The van der Waals surface area contributed by atoms with Crippen LogP contribution in [0.25, 0.3) is 11.0 Å². The predicted molar refractivity (Wildman–Crippen MR) is 84.0 cm³/mol. The zero-order valence-corrected chi connectivity index (χ0v) is 12.5. The highest BCUT2D eigenvalue weighted by Gasteiger charge is 2.18. The van der Waals surface area contributed by atoms with E-state index in [4.69, 9.17) is 13.9 Å². The second-order valence-electron chi connectivity index (χ2n) is 4.94. The lowest BCUT2D eigenvalue weighted by Gasteiger charge is -2.08. The molecule has 0 unspecified atom stereocenters. The molecule has 3 aromatic rings. The van der Waals surface area contributed by atoms with Gasteiger partial charge in [-0.2, -0.15) is 0 Å². The summed E-state index contributed by atoms with van der Waals surface area (Å²) in [4.78, 5) is 11.3. The van der Waals surface area contributed by atoms with E-state index in [9.17, 15) is 4.79 Å². The van der Waals surface area contributed by atoms with Gasteiger partial charge in [-0.1, -0.05) is 30.3 Å². The number of benzene rings is 2. The summed E-state index contributed by atoms with van der Waals surface area (Å²) < 4.78 is 16.6. The molecule has 0 spiro atoms. The molecule has 0 aliphatic rings. The summed E-state index contributed by atoms with van der Waals surface area (Å²) in [6.45, 7) is 0. The van der Waals surface area contributed by atoms with E-state index in [1.54, 1.807) is 13.2 Å². The van der Waals surface area contributed by atoms with Crippen molar-refractivity contribution < 1.29 is 18.7 Å². The van der Waals surface area contributed by atoms with E-state index in [0.29, 0.717) is 29.1 Å². The molecule has 0 radical (unpaired) electrons. The van der Waals surface area contributed by atoms with Gasteiger partial charge in [-0.3, -0.25) is 4.79 Å². The van der Waals surface area contributed by atoms with Gasteiger partial charge >= 0.3 is 0 Å². The van der Waals surface area contributed by atoms with Crippen LogP contribution < -0.4 is 9.47 Å². The Labute approximate surface area is 128 Å². The first-order chi connectivity index (χ1) is 10.8. The third-order valence-electron chi connectivity index (χ3n) is 3.58. The summed E-state index contributed by atoms with van der Waals surface area (Å²) in [5, 5.41) is 0.735. The van der Waals surface area contributed by atoms with E-state index >= 15 is 0 Å². The van der Waals surface area contributed by atoms with Crippen LogP contribution in [0.15, 0.2) is 46.9 Å². The minimum atomic E-state index is 0.484. The molecule has 0 atom stereocenters. The van der Waals surface area contributed by atoms with Crippen LogP contribution in [-0.4, -0.2) is 20.5 Å². The van der Waals surface area contributed by atoms with Crippen LogP contribution in [0.5, 0.6) is 11.5 Å². The molecule has 1 aromatic heterocycles. The summed E-state index contributed by atoms with van der Waals surface area (Å²) in [7, 11) is 3.09. The average Bonchev–Trinajstić information content (AvgIpc) is 2.97. The number of furan rings is 1. The van der Waals surface area contributed by atoms with Gasteiger partial charge in [0.25, 0.3) is 0 Å². The number of ether oxygens (including phenoxy) is 2. The van der Waals surface area contributed by atoms with Crippen molar-refractivity contribution in [3.05, 3.63) is 59.4 Å². The van der Waals surface area contributed by atoms with Gasteiger partial charge in [-0.05, 0) is 17.7 Å². The number of methoxy groups -OCH3 is 2. The smallest absolute Gasteiger partial charge is 0.204 e. The third-order valence-corrected chi connectivity index (χ3v) is 3.58. The van der Waals surface area contributed by atoms with Crippen molar-refractivity contribution in [3.63, 3.8) is 0 Å². The highest BCUT2D eigenvalue weighted by atomic mass is 16.5. The molecular weight excluding hydrogens is 280 g/mol. The quantitative estimate of drug-likeness (QED) is 0.671. The maximum atomic E-state index is 11.3. The number of carbonyl (C=O) groups excluding carboxylic acids is 1. The fraction of sp³-hybridized carbons (Fsp3) is 0.167. The monoisotopic (exact) mass is 296 g/mol. The molecule has 0 aliphatic heterocycles. The van der Waals surface area contributed by atoms with Gasteiger partial charge in [0.15, 0.2) is 17.6 Å². The molecule has 0 saturated carbocycles. The molecule has 3 rings (SSSR count). The predicted octanol–water partition coefficient (Wildman–Crippen LogP) is 3.85. The lowest BCUT2D eigenvalue weighted by molar-refractivity contribution is 0.112.